The highest BCUT2D eigenvalue weighted by Crippen LogP contribution is 2.28. The van der Waals surface area contributed by atoms with Gasteiger partial charge in [0.05, 0.1) is 12.7 Å². The Morgan fingerprint density at radius 3 is 2.94 bits per heavy atom. The van der Waals surface area contributed by atoms with Crippen LogP contribution in [0.4, 0.5) is 5.69 Å². The molecule has 1 aromatic carbocycles. The molecule has 0 aliphatic carbocycles. The summed E-state index contributed by atoms with van der Waals surface area (Å²) in [4.78, 5) is 13.3. The van der Waals surface area contributed by atoms with E-state index >= 15 is 0 Å². The number of β-amino-alcohol motifs (C(OH)–C–C–N with tert-alkyl or cyclic N) is 1. The summed E-state index contributed by atoms with van der Waals surface area (Å²) in [6.07, 6.45) is 0.169. The summed E-state index contributed by atoms with van der Waals surface area (Å²) in [5.41, 5.74) is 2.93. The Labute approximate surface area is 100 Å². The van der Waals surface area contributed by atoms with Gasteiger partial charge in [-0.1, -0.05) is 0 Å². The van der Waals surface area contributed by atoms with Crippen molar-refractivity contribution in [2.45, 2.75) is 19.4 Å². The average Bonchev–Trinajstić information content (AvgIpc) is 2.71. The van der Waals surface area contributed by atoms with Crippen LogP contribution in [0.25, 0.3) is 0 Å². The molecule has 4 heteroatoms. The molecule has 17 heavy (non-hydrogen) atoms. The molecule has 1 aliphatic rings. The number of ketones is 1. The van der Waals surface area contributed by atoms with E-state index in [1.54, 1.807) is 6.92 Å². The maximum Gasteiger partial charge on any atom is 0.159 e. The van der Waals surface area contributed by atoms with Gasteiger partial charge in [-0.3, -0.25) is 4.79 Å². The van der Waals surface area contributed by atoms with E-state index in [9.17, 15) is 9.90 Å². The molecule has 1 unspecified atom stereocenters. The number of rotatable bonds is 4. The van der Waals surface area contributed by atoms with Gasteiger partial charge in [0, 0.05) is 24.3 Å². The van der Waals surface area contributed by atoms with Crippen LogP contribution >= 0.6 is 0 Å². The minimum atomic E-state index is -0.714. The quantitative estimate of drug-likeness (QED) is 0.750. The first-order valence-corrected chi connectivity index (χ1v) is 5.79. The summed E-state index contributed by atoms with van der Waals surface area (Å²) in [6.45, 7) is 2.60. The summed E-state index contributed by atoms with van der Waals surface area (Å²) in [7, 11) is 0. The largest absolute Gasteiger partial charge is 0.394 e. The third-order valence-electron chi connectivity index (χ3n) is 3.12. The number of aliphatic hydroxyl groups excluding tert-OH is 2. The van der Waals surface area contributed by atoms with Crippen LogP contribution in [0.2, 0.25) is 0 Å². The number of benzene rings is 1. The van der Waals surface area contributed by atoms with Crippen LogP contribution in [0.1, 0.15) is 22.8 Å². The first-order chi connectivity index (χ1) is 8.11. The molecule has 0 amide bonds. The average molecular weight is 235 g/mol. The van der Waals surface area contributed by atoms with E-state index in [2.05, 4.69) is 0 Å². The van der Waals surface area contributed by atoms with Gasteiger partial charge in [0.2, 0.25) is 0 Å². The number of nitrogens with zero attached hydrogens (tertiary/aromatic N) is 1. The highest BCUT2D eigenvalue weighted by atomic mass is 16.3. The van der Waals surface area contributed by atoms with Crippen molar-refractivity contribution in [3.05, 3.63) is 29.3 Å². The summed E-state index contributed by atoms with van der Waals surface area (Å²) in [6, 6.07) is 5.65. The van der Waals surface area contributed by atoms with Crippen molar-refractivity contribution < 1.29 is 15.0 Å². The maximum atomic E-state index is 11.3. The fraction of sp³-hybridized carbons (Fsp3) is 0.462. The Balaban J connectivity index is 2.19. The number of aliphatic hydroxyl groups is 2. The molecule has 0 saturated heterocycles. The Kier molecular flexibility index (Phi) is 3.45. The lowest BCUT2D eigenvalue weighted by atomic mass is 10.1. The van der Waals surface area contributed by atoms with Crippen LogP contribution in [0.3, 0.4) is 0 Å². The number of carbonyl (C=O) groups excluding carboxylic acids is 1. The molecule has 1 aromatic rings. The number of anilines is 1. The van der Waals surface area contributed by atoms with Crippen molar-refractivity contribution in [2.24, 2.45) is 0 Å². The summed E-state index contributed by atoms with van der Waals surface area (Å²) >= 11 is 0. The Bertz CT molecular complexity index is 431. The molecule has 2 rings (SSSR count). The van der Waals surface area contributed by atoms with Crippen molar-refractivity contribution in [3.8, 4) is 0 Å². The first kappa shape index (κ1) is 12.1. The van der Waals surface area contributed by atoms with E-state index < -0.39 is 6.10 Å². The molecular formula is C13H17NO3. The van der Waals surface area contributed by atoms with Crippen LogP contribution in [0.15, 0.2) is 18.2 Å². The predicted octanol–water partition coefficient (Wildman–Crippen LogP) is 0.605. The normalized spacial score (nSPS) is 15.8. The van der Waals surface area contributed by atoms with E-state index in [0.717, 1.165) is 29.8 Å². The fourth-order valence-corrected chi connectivity index (χ4v) is 2.19. The van der Waals surface area contributed by atoms with Crippen molar-refractivity contribution in [3.63, 3.8) is 0 Å². The van der Waals surface area contributed by atoms with Gasteiger partial charge in [0.25, 0.3) is 0 Å². The van der Waals surface area contributed by atoms with Crippen LogP contribution in [-0.2, 0) is 6.42 Å². The second-order valence-corrected chi connectivity index (χ2v) is 4.43. The molecule has 0 bridgehead atoms. The minimum absolute atomic E-state index is 0.0710. The zero-order valence-electron chi connectivity index (χ0n) is 9.89. The minimum Gasteiger partial charge on any atom is -0.394 e. The second kappa shape index (κ2) is 4.85. The number of carbonyl (C=O) groups is 1. The van der Waals surface area contributed by atoms with Crippen LogP contribution in [-0.4, -0.2) is 41.8 Å². The zero-order chi connectivity index (χ0) is 12.4. The summed E-state index contributed by atoms with van der Waals surface area (Å²) < 4.78 is 0. The topological polar surface area (TPSA) is 60.8 Å². The van der Waals surface area contributed by atoms with Crippen molar-refractivity contribution in [2.75, 3.05) is 24.6 Å². The van der Waals surface area contributed by atoms with Gasteiger partial charge < -0.3 is 15.1 Å². The third-order valence-corrected chi connectivity index (χ3v) is 3.12. The summed E-state index contributed by atoms with van der Waals surface area (Å²) in [5, 5.41) is 18.3. The van der Waals surface area contributed by atoms with E-state index in [1.165, 1.54) is 0 Å². The lowest BCUT2D eigenvalue weighted by Gasteiger charge is -2.21. The van der Waals surface area contributed by atoms with Gasteiger partial charge in [-0.15, -0.1) is 0 Å². The Morgan fingerprint density at radius 1 is 1.53 bits per heavy atom. The molecule has 0 radical (unpaired) electrons. The van der Waals surface area contributed by atoms with Gasteiger partial charge in [0.15, 0.2) is 5.78 Å². The van der Waals surface area contributed by atoms with Gasteiger partial charge >= 0.3 is 0 Å². The number of fused-ring (bicyclic) bond motifs is 1. The van der Waals surface area contributed by atoms with Gasteiger partial charge in [-0.2, -0.15) is 0 Å². The highest BCUT2D eigenvalue weighted by Gasteiger charge is 2.21. The first-order valence-electron chi connectivity index (χ1n) is 5.79. The predicted molar refractivity (Wildman–Crippen MR) is 65.5 cm³/mol. The molecule has 0 saturated carbocycles. The van der Waals surface area contributed by atoms with E-state index in [4.69, 9.17) is 5.11 Å². The Morgan fingerprint density at radius 2 is 2.29 bits per heavy atom. The molecule has 0 fully saturated rings. The molecule has 1 atom stereocenters. The molecule has 0 spiro atoms. The van der Waals surface area contributed by atoms with Crippen molar-refractivity contribution in [1.29, 1.82) is 0 Å². The fourth-order valence-electron chi connectivity index (χ4n) is 2.19. The molecule has 0 aromatic heterocycles. The molecule has 4 nitrogen and oxygen atoms in total. The van der Waals surface area contributed by atoms with Gasteiger partial charge in [-0.25, -0.2) is 0 Å². The zero-order valence-corrected chi connectivity index (χ0v) is 9.89. The molecule has 1 heterocycles. The number of Topliss-reactive ketones (excluding diaryl/α,β-unsaturated/α-hetero) is 1. The maximum absolute atomic E-state index is 11.3. The molecular weight excluding hydrogens is 218 g/mol. The van der Waals surface area contributed by atoms with Crippen LogP contribution in [0, 0.1) is 0 Å². The molecule has 1 aliphatic heterocycles. The van der Waals surface area contributed by atoms with E-state index in [0.29, 0.717) is 6.54 Å². The third kappa shape index (κ3) is 2.48. The Hall–Kier alpha value is -1.39. The van der Waals surface area contributed by atoms with Gasteiger partial charge in [-0.05, 0) is 37.1 Å². The smallest absolute Gasteiger partial charge is 0.159 e. The summed E-state index contributed by atoms with van der Waals surface area (Å²) in [5.74, 6) is 0.0710. The molecule has 92 valence electrons. The van der Waals surface area contributed by atoms with Crippen LogP contribution in [0.5, 0.6) is 0 Å². The number of hydrogen-bond donors (Lipinski definition) is 2. The second-order valence-electron chi connectivity index (χ2n) is 4.43. The van der Waals surface area contributed by atoms with E-state index in [-0.39, 0.29) is 12.4 Å². The monoisotopic (exact) mass is 235 g/mol. The lowest BCUT2D eigenvalue weighted by molar-refractivity contribution is 0.100. The SMILES string of the molecule is CC(=O)c1ccc2c(c1)CCN2CC(O)CO. The van der Waals surface area contributed by atoms with Gasteiger partial charge in [0.1, 0.15) is 0 Å². The van der Waals surface area contributed by atoms with Crippen molar-refractivity contribution in [1.82, 2.24) is 0 Å². The highest BCUT2D eigenvalue weighted by molar-refractivity contribution is 5.94. The standard InChI is InChI=1S/C13H17NO3/c1-9(16)10-2-3-13-11(6-10)4-5-14(13)7-12(17)8-15/h2-3,6,12,15,17H,4-5,7-8H2,1H3. The molecule has 2 N–H and O–H groups in total. The van der Waals surface area contributed by atoms with Crippen LogP contribution < -0.4 is 4.90 Å². The number of hydrogen-bond acceptors (Lipinski definition) is 4. The van der Waals surface area contributed by atoms with E-state index in [1.807, 2.05) is 23.1 Å². The lowest BCUT2D eigenvalue weighted by Crippen LogP contribution is -2.32. The van der Waals surface area contributed by atoms with Crippen molar-refractivity contribution >= 4 is 11.5 Å².